The first kappa shape index (κ1) is 20.7. The van der Waals surface area contributed by atoms with Crippen LogP contribution in [0.5, 0.6) is 5.75 Å². The van der Waals surface area contributed by atoms with Gasteiger partial charge in [0.05, 0.1) is 5.92 Å². The number of piperidine rings is 1. The van der Waals surface area contributed by atoms with E-state index < -0.39 is 0 Å². The van der Waals surface area contributed by atoms with Crippen LogP contribution < -0.4 is 21.1 Å². The zero-order valence-corrected chi connectivity index (χ0v) is 15.7. The van der Waals surface area contributed by atoms with E-state index in [4.69, 9.17) is 10.5 Å². The molecule has 0 aliphatic carbocycles. The zero-order chi connectivity index (χ0) is 19.6. The average Bonchev–Trinajstić information content (AvgIpc) is 2.67. The number of amides is 3. The molecule has 8 nitrogen and oxygen atoms in total. The Morgan fingerprint density at radius 2 is 2.11 bits per heavy atom. The van der Waals surface area contributed by atoms with Gasteiger partial charge in [-0.15, -0.1) is 0 Å². The van der Waals surface area contributed by atoms with E-state index in [0.717, 1.165) is 19.4 Å². The summed E-state index contributed by atoms with van der Waals surface area (Å²) in [6.07, 6.45) is 2.17. The van der Waals surface area contributed by atoms with E-state index in [1.54, 1.807) is 31.2 Å². The molecule has 0 saturated carbocycles. The molecular formula is C19H28N4O4. The normalized spacial score (nSPS) is 17.1. The van der Waals surface area contributed by atoms with Crippen LogP contribution in [-0.2, 0) is 14.4 Å². The molecular weight excluding hydrogens is 348 g/mol. The quantitative estimate of drug-likeness (QED) is 0.588. The Hall–Kier alpha value is -2.61. The molecule has 0 unspecified atom stereocenters. The topological polar surface area (TPSA) is 114 Å². The molecule has 0 bridgehead atoms. The zero-order valence-electron chi connectivity index (χ0n) is 15.7. The number of primary amides is 1. The number of benzene rings is 1. The van der Waals surface area contributed by atoms with Crippen LogP contribution in [0.3, 0.4) is 0 Å². The van der Waals surface area contributed by atoms with E-state index in [-0.39, 0.29) is 30.2 Å². The molecule has 1 saturated heterocycles. The van der Waals surface area contributed by atoms with Crippen molar-refractivity contribution in [2.75, 3.05) is 38.1 Å². The van der Waals surface area contributed by atoms with Gasteiger partial charge in [0.25, 0.3) is 5.91 Å². The van der Waals surface area contributed by atoms with Gasteiger partial charge in [-0.05, 0) is 31.5 Å². The van der Waals surface area contributed by atoms with Crippen molar-refractivity contribution in [3.05, 3.63) is 24.3 Å². The lowest BCUT2D eigenvalue weighted by molar-refractivity contribution is -0.124. The van der Waals surface area contributed by atoms with Crippen LogP contribution in [-0.4, -0.2) is 55.4 Å². The minimum Gasteiger partial charge on any atom is -0.484 e. The summed E-state index contributed by atoms with van der Waals surface area (Å²) in [5.74, 6) is -0.144. The number of carbonyl (C=O) groups is 3. The second-order valence-electron chi connectivity index (χ2n) is 6.61. The van der Waals surface area contributed by atoms with Gasteiger partial charge in [0, 0.05) is 37.8 Å². The van der Waals surface area contributed by atoms with Crippen LogP contribution in [0, 0.1) is 5.92 Å². The molecule has 8 heteroatoms. The monoisotopic (exact) mass is 376 g/mol. The molecule has 1 aromatic rings. The third-order valence-electron chi connectivity index (χ3n) is 4.47. The highest BCUT2D eigenvalue weighted by atomic mass is 16.5. The van der Waals surface area contributed by atoms with Gasteiger partial charge in [0.2, 0.25) is 11.8 Å². The van der Waals surface area contributed by atoms with Gasteiger partial charge in [0.15, 0.2) is 6.61 Å². The smallest absolute Gasteiger partial charge is 0.257 e. The number of nitrogens with two attached hydrogens (primary N) is 1. The van der Waals surface area contributed by atoms with Gasteiger partial charge >= 0.3 is 0 Å². The summed E-state index contributed by atoms with van der Waals surface area (Å²) in [5, 5.41) is 5.55. The highest BCUT2D eigenvalue weighted by Crippen LogP contribution is 2.17. The molecule has 2 rings (SSSR count). The van der Waals surface area contributed by atoms with Gasteiger partial charge in [-0.1, -0.05) is 13.0 Å². The maximum Gasteiger partial charge on any atom is 0.257 e. The average molecular weight is 376 g/mol. The van der Waals surface area contributed by atoms with Crippen molar-refractivity contribution in [3.63, 3.8) is 0 Å². The third kappa shape index (κ3) is 7.26. The Morgan fingerprint density at radius 3 is 2.85 bits per heavy atom. The van der Waals surface area contributed by atoms with Gasteiger partial charge in [-0.2, -0.15) is 0 Å². The van der Waals surface area contributed by atoms with Crippen molar-refractivity contribution in [2.45, 2.75) is 26.2 Å². The second kappa shape index (κ2) is 10.5. The lowest BCUT2D eigenvalue weighted by atomic mass is 9.97. The number of anilines is 1. The van der Waals surface area contributed by atoms with Crippen LogP contribution in [0.4, 0.5) is 5.69 Å². The Morgan fingerprint density at radius 1 is 1.30 bits per heavy atom. The standard InChI is InChI=1S/C19H28N4O4/c1-2-17(24)22-15-6-3-7-16(11-15)27-13-18(25)21-8-10-23-9-4-5-14(12-23)19(20)26/h3,6-7,11,14H,2,4-5,8-10,12-13H2,1H3,(H2,20,26)(H,21,25)(H,22,24)/t14-/m1/s1. The number of hydrogen-bond acceptors (Lipinski definition) is 5. The van der Waals surface area contributed by atoms with Crippen LogP contribution in [0.25, 0.3) is 0 Å². The van der Waals surface area contributed by atoms with Crippen LogP contribution >= 0.6 is 0 Å². The van der Waals surface area contributed by atoms with Gasteiger partial charge in [-0.25, -0.2) is 0 Å². The van der Waals surface area contributed by atoms with Crippen molar-refractivity contribution in [1.82, 2.24) is 10.2 Å². The van der Waals surface area contributed by atoms with Crippen molar-refractivity contribution in [3.8, 4) is 5.75 Å². The molecule has 1 aliphatic rings. The Labute approximate surface area is 159 Å². The highest BCUT2D eigenvalue weighted by molar-refractivity contribution is 5.90. The molecule has 1 aliphatic heterocycles. The maximum absolute atomic E-state index is 11.9. The maximum atomic E-state index is 11.9. The SMILES string of the molecule is CCC(=O)Nc1cccc(OCC(=O)NCCN2CCC[C@@H](C(N)=O)C2)c1. The number of rotatable bonds is 9. The minimum absolute atomic E-state index is 0.0822. The molecule has 27 heavy (non-hydrogen) atoms. The lowest BCUT2D eigenvalue weighted by Crippen LogP contribution is -2.44. The minimum atomic E-state index is -0.255. The molecule has 0 aromatic heterocycles. The predicted molar refractivity (Wildman–Crippen MR) is 102 cm³/mol. The summed E-state index contributed by atoms with van der Waals surface area (Å²) < 4.78 is 5.48. The number of carbonyl (C=O) groups excluding carboxylic acids is 3. The number of nitrogens with zero attached hydrogens (tertiary/aromatic N) is 1. The van der Waals surface area contributed by atoms with Gasteiger partial charge < -0.3 is 26.0 Å². The van der Waals surface area contributed by atoms with Crippen molar-refractivity contribution in [1.29, 1.82) is 0 Å². The van der Waals surface area contributed by atoms with E-state index in [1.165, 1.54) is 0 Å². The lowest BCUT2D eigenvalue weighted by Gasteiger charge is -2.31. The van der Waals surface area contributed by atoms with Gasteiger partial charge in [0.1, 0.15) is 5.75 Å². The fraction of sp³-hybridized carbons (Fsp3) is 0.526. The fourth-order valence-corrected chi connectivity index (χ4v) is 2.96. The summed E-state index contributed by atoms with van der Waals surface area (Å²) in [7, 11) is 0. The summed E-state index contributed by atoms with van der Waals surface area (Å²) >= 11 is 0. The summed E-state index contributed by atoms with van der Waals surface area (Å²) in [6.45, 7) is 4.39. The van der Waals surface area contributed by atoms with E-state index in [2.05, 4.69) is 15.5 Å². The third-order valence-corrected chi connectivity index (χ3v) is 4.47. The molecule has 1 fully saturated rings. The first-order chi connectivity index (χ1) is 13.0. The summed E-state index contributed by atoms with van der Waals surface area (Å²) in [5.41, 5.74) is 6.00. The van der Waals surface area contributed by atoms with Gasteiger partial charge in [-0.3, -0.25) is 14.4 Å². The molecule has 0 radical (unpaired) electrons. The van der Waals surface area contributed by atoms with E-state index in [1.807, 2.05) is 0 Å². The molecule has 1 heterocycles. The Bertz CT molecular complexity index is 665. The second-order valence-corrected chi connectivity index (χ2v) is 6.61. The molecule has 4 N–H and O–H groups in total. The first-order valence-electron chi connectivity index (χ1n) is 9.29. The Balaban J connectivity index is 1.68. The van der Waals surface area contributed by atoms with Crippen LogP contribution in [0.15, 0.2) is 24.3 Å². The Kier molecular flexibility index (Phi) is 8.06. The largest absolute Gasteiger partial charge is 0.484 e. The molecule has 148 valence electrons. The predicted octanol–water partition coefficient (Wildman–Crippen LogP) is 0.727. The fourth-order valence-electron chi connectivity index (χ4n) is 2.96. The molecule has 1 atom stereocenters. The number of ether oxygens (including phenoxy) is 1. The van der Waals surface area contributed by atoms with Crippen LogP contribution in [0.1, 0.15) is 26.2 Å². The molecule has 0 spiro atoms. The highest BCUT2D eigenvalue weighted by Gasteiger charge is 2.23. The molecule has 1 aromatic carbocycles. The van der Waals surface area contributed by atoms with Crippen LogP contribution in [0.2, 0.25) is 0 Å². The van der Waals surface area contributed by atoms with E-state index >= 15 is 0 Å². The van der Waals surface area contributed by atoms with Crippen molar-refractivity contribution in [2.24, 2.45) is 11.7 Å². The number of likely N-dealkylation sites (tertiary alicyclic amines) is 1. The van der Waals surface area contributed by atoms with E-state index in [0.29, 0.717) is 37.5 Å². The summed E-state index contributed by atoms with van der Waals surface area (Å²) in [6, 6.07) is 6.92. The van der Waals surface area contributed by atoms with E-state index in [9.17, 15) is 14.4 Å². The first-order valence-corrected chi connectivity index (χ1v) is 9.29. The number of hydrogen-bond donors (Lipinski definition) is 3. The van der Waals surface area contributed by atoms with Crippen molar-refractivity contribution >= 4 is 23.4 Å². The molecule has 3 amide bonds. The number of nitrogens with one attached hydrogen (secondary N) is 2. The van der Waals surface area contributed by atoms with Crippen molar-refractivity contribution < 1.29 is 19.1 Å². The summed E-state index contributed by atoms with van der Waals surface area (Å²) in [4.78, 5) is 36.8.